The average Bonchev–Trinajstić information content (AvgIpc) is 3.91. The fraction of sp³-hybridized carbons (Fsp3) is 0.0588. The van der Waals surface area contributed by atoms with E-state index in [0.29, 0.717) is 0 Å². The van der Waals surface area contributed by atoms with Gasteiger partial charge in [0.1, 0.15) is 0 Å². The molecule has 0 saturated carbocycles. The molecule has 2 nitrogen and oxygen atoms in total. The Morgan fingerprint density at radius 2 is 0.971 bits per heavy atom. The van der Waals surface area contributed by atoms with Crippen molar-refractivity contribution in [1.29, 1.82) is 0 Å². The van der Waals surface area contributed by atoms with Crippen LogP contribution in [0.5, 0.6) is 0 Å². The molecule has 11 aromatic rings. The average molecular weight is 895 g/mol. The smallest absolute Gasteiger partial charge is 0.0554 e. The van der Waals surface area contributed by atoms with Gasteiger partial charge in [-0.15, -0.1) is 0 Å². The van der Waals surface area contributed by atoms with Crippen LogP contribution in [0.25, 0.3) is 83.1 Å². The van der Waals surface area contributed by atoms with E-state index in [1.165, 1.54) is 83.0 Å². The summed E-state index contributed by atoms with van der Waals surface area (Å²) in [5, 5.41) is 6.23. The Kier molecular flexibility index (Phi) is 9.95. The van der Waals surface area contributed by atoms with Gasteiger partial charge in [0.2, 0.25) is 0 Å². The summed E-state index contributed by atoms with van der Waals surface area (Å²) >= 11 is 0. The summed E-state index contributed by atoms with van der Waals surface area (Å²) in [6.07, 6.45) is 10.2. The predicted molar refractivity (Wildman–Crippen MR) is 295 cm³/mol. The van der Waals surface area contributed by atoms with E-state index in [1.807, 2.05) is 0 Å². The minimum atomic E-state index is -0.432. The first-order chi connectivity index (χ1) is 34.6. The van der Waals surface area contributed by atoms with E-state index in [4.69, 9.17) is 0 Å². The van der Waals surface area contributed by atoms with Crippen LogP contribution in [0.4, 0.5) is 11.4 Å². The number of fused-ring (bicyclic) bond motifs is 6. The van der Waals surface area contributed by atoms with Gasteiger partial charge in [0.05, 0.1) is 16.4 Å². The second-order valence-corrected chi connectivity index (χ2v) is 19.2. The van der Waals surface area contributed by atoms with Crippen LogP contribution < -0.4 is 5.32 Å². The highest BCUT2D eigenvalue weighted by molar-refractivity contribution is 6.13. The van der Waals surface area contributed by atoms with Gasteiger partial charge in [0, 0.05) is 38.8 Å². The van der Waals surface area contributed by atoms with Gasteiger partial charge in [-0.3, -0.25) is 0 Å². The summed E-state index contributed by atoms with van der Waals surface area (Å²) in [6, 6.07) is 89.3. The molecule has 0 spiro atoms. The standard InChI is InChI=1S/C68H50N2/c1-67(41-16-5-17-42-67)68(54-25-10-4-11-26-54)62-29-14-12-28-58(62)59-46-66-61(45-63(59)68)60-44-52(35-40-65(60)70(66)56-38-33-50(34-39-56)48-21-8-3-9-22-48)51-23-18-24-53(43-51)57-27-13-15-30-64(57)69-55-36-31-49(32-37-55)47-19-6-2-7-20-47/h2-41,43-46,69H,42H2,1H3. The van der Waals surface area contributed by atoms with Gasteiger partial charge in [0.15, 0.2) is 0 Å². The maximum Gasteiger partial charge on any atom is 0.0554 e. The van der Waals surface area contributed by atoms with Crippen LogP contribution in [-0.2, 0) is 5.41 Å². The Hall–Kier alpha value is -8.72. The molecule has 0 fully saturated rings. The van der Waals surface area contributed by atoms with Crippen LogP contribution in [0.15, 0.2) is 267 Å². The number of nitrogens with one attached hydrogen (secondary N) is 1. The van der Waals surface area contributed by atoms with Crippen molar-refractivity contribution in [3.8, 4) is 61.3 Å². The number of anilines is 2. The van der Waals surface area contributed by atoms with Crippen LogP contribution in [0.2, 0.25) is 0 Å². The first-order valence-corrected chi connectivity index (χ1v) is 24.5. The molecule has 0 aliphatic heterocycles. The van der Waals surface area contributed by atoms with E-state index in [-0.39, 0.29) is 5.41 Å². The van der Waals surface area contributed by atoms with Gasteiger partial charge in [-0.2, -0.15) is 0 Å². The SMILES string of the molecule is CC1(C2(c3ccccc3)c3ccccc3-c3cc4c(cc32)c2cc(-c3cccc(-c5ccccc5Nc5ccc(-c6ccccc6)cc5)c3)ccc2n4-c2ccc(-c3ccccc3)cc2)C=CC=CC1. The maximum atomic E-state index is 3.75. The Balaban J connectivity index is 0.981. The number of aromatic nitrogens is 1. The Morgan fingerprint density at radius 1 is 0.400 bits per heavy atom. The second-order valence-electron chi connectivity index (χ2n) is 19.2. The van der Waals surface area contributed by atoms with E-state index in [1.54, 1.807) is 0 Å². The number of allylic oxidation sites excluding steroid dienone is 4. The summed E-state index contributed by atoms with van der Waals surface area (Å²) in [5.41, 5.74) is 21.1. The lowest BCUT2D eigenvalue weighted by Crippen LogP contribution is -2.43. The predicted octanol–water partition coefficient (Wildman–Crippen LogP) is 18.0. The maximum absolute atomic E-state index is 3.75. The zero-order valence-electron chi connectivity index (χ0n) is 39.1. The summed E-state index contributed by atoms with van der Waals surface area (Å²) in [4.78, 5) is 0. The highest BCUT2D eigenvalue weighted by atomic mass is 15.0. The van der Waals surface area contributed by atoms with Crippen LogP contribution in [0.3, 0.4) is 0 Å². The molecule has 0 amide bonds. The highest BCUT2D eigenvalue weighted by Gasteiger charge is 2.55. The fourth-order valence-electron chi connectivity index (χ4n) is 11.9. The summed E-state index contributed by atoms with van der Waals surface area (Å²) in [5.74, 6) is 0. The number of hydrogen-bond acceptors (Lipinski definition) is 1. The molecule has 1 aromatic heterocycles. The van der Waals surface area contributed by atoms with Crippen LogP contribution in [-0.4, -0.2) is 4.57 Å². The number of nitrogens with zero attached hydrogens (tertiary/aromatic N) is 1. The van der Waals surface area contributed by atoms with E-state index in [0.717, 1.165) is 34.6 Å². The minimum absolute atomic E-state index is 0.230. The van der Waals surface area contributed by atoms with E-state index in [2.05, 4.69) is 284 Å². The number of para-hydroxylation sites is 1. The molecular formula is C68H50N2. The van der Waals surface area contributed by atoms with Crippen LogP contribution in [0, 0.1) is 5.41 Å². The highest BCUT2D eigenvalue weighted by Crippen LogP contribution is 2.63. The third-order valence-corrected chi connectivity index (χ3v) is 15.2. The van der Waals surface area contributed by atoms with Crippen LogP contribution >= 0.6 is 0 Å². The van der Waals surface area contributed by atoms with E-state index >= 15 is 0 Å². The topological polar surface area (TPSA) is 17.0 Å². The molecule has 1 N–H and O–H groups in total. The van der Waals surface area contributed by atoms with Crippen LogP contribution in [0.1, 0.15) is 30.0 Å². The number of rotatable bonds is 9. The lowest BCUT2D eigenvalue weighted by atomic mass is 9.54. The summed E-state index contributed by atoms with van der Waals surface area (Å²) in [6.45, 7) is 2.47. The zero-order chi connectivity index (χ0) is 46.7. The third-order valence-electron chi connectivity index (χ3n) is 15.2. The van der Waals surface area contributed by atoms with Gasteiger partial charge in [-0.25, -0.2) is 0 Å². The first kappa shape index (κ1) is 41.5. The van der Waals surface area contributed by atoms with Gasteiger partial charge >= 0.3 is 0 Å². The summed E-state index contributed by atoms with van der Waals surface area (Å²) in [7, 11) is 0. The first-order valence-electron chi connectivity index (χ1n) is 24.5. The molecule has 1 heterocycles. The molecule has 0 radical (unpaired) electrons. The van der Waals surface area contributed by atoms with Crippen molar-refractivity contribution >= 4 is 33.2 Å². The Bertz CT molecular complexity index is 3810. The van der Waals surface area contributed by atoms with Crippen molar-refractivity contribution in [2.75, 3.05) is 5.32 Å². The van der Waals surface area contributed by atoms with E-state index in [9.17, 15) is 0 Å². The van der Waals surface area contributed by atoms with Gasteiger partial charge in [0.25, 0.3) is 0 Å². The largest absolute Gasteiger partial charge is 0.355 e. The molecule has 2 unspecified atom stereocenters. The molecule has 0 bridgehead atoms. The zero-order valence-corrected chi connectivity index (χ0v) is 39.1. The van der Waals surface area contributed by atoms with Crippen molar-refractivity contribution in [3.05, 3.63) is 284 Å². The molecule has 2 aliphatic carbocycles. The van der Waals surface area contributed by atoms with Gasteiger partial charge in [-0.05, 0) is 134 Å². The molecule has 2 heteroatoms. The molecule has 2 aliphatic rings. The molecule has 0 saturated heterocycles. The fourth-order valence-corrected chi connectivity index (χ4v) is 11.9. The monoisotopic (exact) mass is 894 g/mol. The lowest BCUT2D eigenvalue weighted by molar-refractivity contribution is 0.293. The normalized spacial score (nSPS) is 16.9. The number of benzene rings is 10. The molecular weight excluding hydrogens is 845 g/mol. The molecule has 332 valence electrons. The molecule has 70 heavy (non-hydrogen) atoms. The second kappa shape index (κ2) is 16.8. The summed E-state index contributed by atoms with van der Waals surface area (Å²) < 4.78 is 2.49. The third kappa shape index (κ3) is 6.71. The molecule has 2 atom stereocenters. The lowest BCUT2D eigenvalue weighted by Gasteiger charge is -2.47. The minimum Gasteiger partial charge on any atom is -0.355 e. The van der Waals surface area contributed by atoms with Crippen molar-refractivity contribution < 1.29 is 0 Å². The van der Waals surface area contributed by atoms with Crippen molar-refractivity contribution in [3.63, 3.8) is 0 Å². The van der Waals surface area contributed by atoms with E-state index < -0.39 is 5.41 Å². The Labute approximate surface area is 410 Å². The molecule has 10 aromatic carbocycles. The van der Waals surface area contributed by atoms with Gasteiger partial charge < -0.3 is 9.88 Å². The van der Waals surface area contributed by atoms with Crippen molar-refractivity contribution in [1.82, 2.24) is 4.57 Å². The number of hydrogen-bond donors (Lipinski definition) is 1. The van der Waals surface area contributed by atoms with Gasteiger partial charge in [-0.1, -0.05) is 213 Å². The quantitative estimate of drug-likeness (QED) is 0.153. The Morgan fingerprint density at radius 3 is 1.69 bits per heavy atom. The van der Waals surface area contributed by atoms with Crippen molar-refractivity contribution in [2.45, 2.75) is 18.8 Å². The van der Waals surface area contributed by atoms with Crippen molar-refractivity contribution in [2.24, 2.45) is 5.41 Å². The molecule has 13 rings (SSSR count).